The number of rotatable bonds is 8. The Hall–Kier alpha value is -2.73. The number of hydrogen-bond acceptors (Lipinski definition) is 3. The second kappa shape index (κ2) is 10.1. The number of carbonyl (C=O) groups excluding carboxylic acids is 1. The predicted molar refractivity (Wildman–Crippen MR) is 144 cm³/mol. The van der Waals surface area contributed by atoms with Crippen LogP contribution in [0.3, 0.4) is 0 Å². The first-order chi connectivity index (χ1) is 16.7. The molecule has 1 N–H and O–H groups in total. The second-order valence-corrected chi connectivity index (χ2v) is 15.1. The van der Waals surface area contributed by atoms with Crippen LogP contribution in [0.25, 0.3) is 0 Å². The van der Waals surface area contributed by atoms with E-state index in [2.05, 4.69) is 83.1 Å². The summed E-state index contributed by atoms with van der Waals surface area (Å²) < 4.78 is 7.41. The molecule has 0 radical (unpaired) electrons. The number of benzene rings is 3. The van der Waals surface area contributed by atoms with Gasteiger partial charge in [-0.05, 0) is 26.9 Å². The summed E-state index contributed by atoms with van der Waals surface area (Å²) in [6, 6.07) is 30.6. The molecule has 3 atom stereocenters. The number of hydrogen-bond donors (Lipinski definition) is 1. The Morgan fingerprint density at radius 1 is 0.857 bits per heavy atom. The Morgan fingerprint density at radius 3 is 1.74 bits per heavy atom. The van der Waals surface area contributed by atoms with Crippen molar-refractivity contribution in [2.75, 3.05) is 0 Å². The van der Waals surface area contributed by atoms with E-state index in [1.165, 1.54) is 10.4 Å². The standard InChI is InChI=1S/C30H37NO3Si/c1-22(2)28(26-27(32)29(33)31(26)21-23-15-9-6-10-16-23)34-35(30(3,4)5,24-17-11-7-12-18-24)25-19-13-8-14-20-25/h6-20,22,26-28,32H,21H2,1-5H3/t26-,27-,28-/m1/s1. The van der Waals surface area contributed by atoms with Crippen LogP contribution in [0, 0.1) is 5.92 Å². The van der Waals surface area contributed by atoms with E-state index in [0.29, 0.717) is 6.54 Å². The zero-order chi connectivity index (χ0) is 25.2. The van der Waals surface area contributed by atoms with E-state index in [1.54, 1.807) is 4.90 Å². The lowest BCUT2D eigenvalue weighted by Crippen LogP contribution is -2.74. The fraction of sp³-hybridized carbons (Fsp3) is 0.367. The van der Waals surface area contributed by atoms with Gasteiger partial charge >= 0.3 is 0 Å². The predicted octanol–water partition coefficient (Wildman–Crippen LogP) is 4.36. The minimum Gasteiger partial charge on any atom is -0.402 e. The molecule has 5 heteroatoms. The van der Waals surface area contributed by atoms with Gasteiger partial charge in [0.15, 0.2) is 6.10 Å². The number of likely N-dealkylation sites (tertiary alicyclic amines) is 1. The van der Waals surface area contributed by atoms with Crippen LogP contribution < -0.4 is 10.4 Å². The van der Waals surface area contributed by atoms with E-state index in [1.807, 2.05) is 42.5 Å². The summed E-state index contributed by atoms with van der Waals surface area (Å²) in [5, 5.41) is 13.1. The number of aliphatic hydroxyl groups is 1. The van der Waals surface area contributed by atoms with Gasteiger partial charge in [-0.3, -0.25) is 4.79 Å². The zero-order valence-electron chi connectivity index (χ0n) is 21.4. The van der Waals surface area contributed by atoms with Gasteiger partial charge in [-0.2, -0.15) is 0 Å². The molecule has 4 rings (SSSR count). The van der Waals surface area contributed by atoms with E-state index in [-0.39, 0.29) is 23.0 Å². The molecule has 0 unspecified atom stereocenters. The summed E-state index contributed by atoms with van der Waals surface area (Å²) in [5.41, 5.74) is 1.05. The lowest BCUT2D eigenvalue weighted by atomic mass is 9.86. The van der Waals surface area contributed by atoms with Crippen molar-refractivity contribution in [2.24, 2.45) is 5.92 Å². The van der Waals surface area contributed by atoms with Gasteiger partial charge in [-0.1, -0.05) is 126 Å². The number of nitrogens with zero attached hydrogens (tertiary/aromatic N) is 1. The van der Waals surface area contributed by atoms with Gasteiger partial charge < -0.3 is 14.4 Å². The SMILES string of the molecule is CC(C)[C@@H](O[Si](c1ccccc1)(c1ccccc1)C(C)(C)C)[C@H]1[C@@H](O)C(=O)N1Cc1ccccc1. The normalized spacial score (nSPS) is 19.5. The van der Waals surface area contributed by atoms with Crippen molar-refractivity contribution >= 4 is 24.6 Å². The highest BCUT2D eigenvalue weighted by atomic mass is 28.4. The van der Waals surface area contributed by atoms with Crippen LogP contribution in [0.2, 0.25) is 5.04 Å². The van der Waals surface area contributed by atoms with Crippen molar-refractivity contribution in [3.8, 4) is 0 Å². The van der Waals surface area contributed by atoms with Gasteiger partial charge in [0, 0.05) is 6.54 Å². The summed E-state index contributed by atoms with van der Waals surface area (Å²) in [6.07, 6.45) is -1.37. The van der Waals surface area contributed by atoms with Gasteiger partial charge in [-0.15, -0.1) is 0 Å². The van der Waals surface area contributed by atoms with Crippen LogP contribution in [0.15, 0.2) is 91.0 Å². The minimum atomic E-state index is -2.84. The molecule has 1 aliphatic rings. The first-order valence-corrected chi connectivity index (χ1v) is 14.4. The molecule has 0 aromatic heterocycles. The molecule has 3 aromatic rings. The first-order valence-electron chi connectivity index (χ1n) is 12.5. The van der Waals surface area contributed by atoms with Crippen molar-refractivity contribution < 1.29 is 14.3 Å². The van der Waals surface area contributed by atoms with Gasteiger partial charge in [0.2, 0.25) is 0 Å². The average molecular weight is 488 g/mol. The van der Waals surface area contributed by atoms with Crippen molar-refractivity contribution in [2.45, 2.75) is 64.5 Å². The summed E-state index contributed by atoms with van der Waals surface area (Å²) in [6.45, 7) is 11.5. The maximum Gasteiger partial charge on any atom is 0.261 e. The number of carbonyl (C=O) groups is 1. The Morgan fingerprint density at radius 2 is 1.31 bits per heavy atom. The lowest BCUT2D eigenvalue weighted by Gasteiger charge is -2.53. The van der Waals surface area contributed by atoms with E-state index >= 15 is 0 Å². The molecule has 1 fully saturated rings. The Balaban J connectivity index is 1.80. The van der Waals surface area contributed by atoms with Crippen LogP contribution in [-0.2, 0) is 15.8 Å². The third-order valence-corrected chi connectivity index (χ3v) is 12.2. The van der Waals surface area contributed by atoms with Crippen molar-refractivity contribution in [3.63, 3.8) is 0 Å². The van der Waals surface area contributed by atoms with E-state index in [9.17, 15) is 9.90 Å². The molecule has 1 aliphatic heterocycles. The van der Waals surface area contributed by atoms with Crippen LogP contribution in [0.1, 0.15) is 40.2 Å². The smallest absolute Gasteiger partial charge is 0.261 e. The molecule has 4 nitrogen and oxygen atoms in total. The quantitative estimate of drug-likeness (QED) is 0.379. The van der Waals surface area contributed by atoms with Crippen LogP contribution >= 0.6 is 0 Å². The van der Waals surface area contributed by atoms with E-state index in [4.69, 9.17) is 4.43 Å². The summed E-state index contributed by atoms with van der Waals surface area (Å²) in [4.78, 5) is 14.6. The second-order valence-electron chi connectivity index (χ2n) is 10.9. The molecule has 3 aromatic carbocycles. The highest BCUT2D eigenvalue weighted by Gasteiger charge is 2.57. The molecular formula is C30H37NO3Si. The van der Waals surface area contributed by atoms with Gasteiger partial charge in [-0.25, -0.2) is 0 Å². The fourth-order valence-corrected chi connectivity index (χ4v) is 10.2. The number of β-lactam (4-membered cyclic amide) rings is 1. The first kappa shape index (κ1) is 25.4. The van der Waals surface area contributed by atoms with Crippen LogP contribution in [0.5, 0.6) is 0 Å². The molecule has 1 amide bonds. The fourth-order valence-electron chi connectivity index (χ4n) is 5.37. The third-order valence-electron chi connectivity index (χ3n) is 7.14. The molecule has 184 valence electrons. The van der Waals surface area contributed by atoms with Crippen molar-refractivity contribution in [1.29, 1.82) is 0 Å². The van der Waals surface area contributed by atoms with Crippen molar-refractivity contribution in [3.05, 3.63) is 96.6 Å². The summed E-state index contributed by atoms with van der Waals surface area (Å²) in [5.74, 6) is -0.127. The highest BCUT2D eigenvalue weighted by Crippen LogP contribution is 2.41. The third kappa shape index (κ3) is 4.73. The largest absolute Gasteiger partial charge is 0.402 e. The number of aliphatic hydroxyl groups excluding tert-OH is 1. The Labute approximate surface area is 210 Å². The monoisotopic (exact) mass is 487 g/mol. The van der Waals surface area contributed by atoms with Crippen LogP contribution in [-0.4, -0.2) is 42.5 Å². The van der Waals surface area contributed by atoms with Gasteiger partial charge in [0.1, 0.15) is 0 Å². The van der Waals surface area contributed by atoms with Gasteiger partial charge in [0.05, 0.1) is 12.1 Å². The molecule has 0 saturated carbocycles. The molecule has 0 spiro atoms. The maximum absolute atomic E-state index is 12.8. The summed E-state index contributed by atoms with van der Waals surface area (Å²) in [7, 11) is -2.84. The summed E-state index contributed by atoms with van der Waals surface area (Å²) >= 11 is 0. The lowest BCUT2D eigenvalue weighted by molar-refractivity contribution is -0.179. The Bertz CT molecular complexity index is 1070. The van der Waals surface area contributed by atoms with Crippen LogP contribution in [0.4, 0.5) is 0 Å². The van der Waals surface area contributed by atoms with Gasteiger partial charge in [0.25, 0.3) is 14.2 Å². The molecule has 0 aliphatic carbocycles. The topological polar surface area (TPSA) is 49.8 Å². The zero-order valence-corrected chi connectivity index (χ0v) is 22.4. The molecular weight excluding hydrogens is 450 g/mol. The minimum absolute atomic E-state index is 0.0997. The molecule has 0 bridgehead atoms. The Kier molecular flexibility index (Phi) is 7.32. The van der Waals surface area contributed by atoms with Crippen molar-refractivity contribution in [1.82, 2.24) is 4.90 Å². The number of amides is 1. The average Bonchev–Trinajstić information content (AvgIpc) is 2.86. The maximum atomic E-state index is 12.8. The molecule has 1 heterocycles. The van der Waals surface area contributed by atoms with E-state index in [0.717, 1.165) is 5.56 Å². The van der Waals surface area contributed by atoms with E-state index < -0.39 is 20.5 Å². The molecule has 1 saturated heterocycles. The molecule has 35 heavy (non-hydrogen) atoms. The highest BCUT2D eigenvalue weighted by molar-refractivity contribution is 6.99.